The number of rotatable bonds is 8. The zero-order valence-corrected chi connectivity index (χ0v) is 19.0. The average molecular weight is 384 g/mol. The number of carbonyl (C=O) groups excluding carboxylic acids is 1. The van der Waals surface area contributed by atoms with Gasteiger partial charge in [0, 0.05) is 20.2 Å². The van der Waals surface area contributed by atoms with E-state index in [9.17, 15) is 9.90 Å². The Kier molecular flexibility index (Phi) is 8.87. The highest BCUT2D eigenvalue weighted by Gasteiger charge is 2.36. The molecule has 1 saturated carbocycles. The fourth-order valence-electron chi connectivity index (χ4n) is 4.09. The van der Waals surface area contributed by atoms with Crippen molar-refractivity contribution in [2.24, 2.45) is 5.92 Å². The molecule has 1 amide bonds. The van der Waals surface area contributed by atoms with Gasteiger partial charge in [-0.2, -0.15) is 0 Å². The molecule has 0 aromatic carbocycles. The lowest BCUT2D eigenvalue weighted by Crippen LogP contribution is -2.47. The third-order valence-corrected chi connectivity index (χ3v) is 6.67. The van der Waals surface area contributed by atoms with Crippen LogP contribution in [-0.4, -0.2) is 48.5 Å². The molecule has 1 N–H and O–H groups in total. The van der Waals surface area contributed by atoms with Gasteiger partial charge in [0.1, 0.15) is 0 Å². The predicted molar refractivity (Wildman–Crippen MR) is 112 cm³/mol. The van der Waals surface area contributed by atoms with Crippen LogP contribution in [-0.2, 0) is 4.74 Å². The summed E-state index contributed by atoms with van der Waals surface area (Å²) >= 11 is 0. The molecule has 0 saturated heterocycles. The largest absolute Gasteiger partial charge is 0.439 e. The molecule has 5 heteroatoms. The van der Waals surface area contributed by atoms with Gasteiger partial charge in [0.05, 0.1) is 6.10 Å². The van der Waals surface area contributed by atoms with E-state index in [4.69, 9.17) is 4.74 Å². The topological polar surface area (TPSA) is 49.8 Å². The molecule has 0 aromatic heterocycles. The van der Waals surface area contributed by atoms with E-state index < -0.39 is 20.3 Å². The third kappa shape index (κ3) is 7.07. The lowest BCUT2D eigenvalue weighted by molar-refractivity contribution is -0.0335. The van der Waals surface area contributed by atoms with Crippen molar-refractivity contribution in [2.45, 2.75) is 110 Å². The molecule has 2 atom stereocenters. The highest BCUT2D eigenvalue weighted by atomic mass is 28.3. The minimum absolute atomic E-state index is 0.0558. The molecule has 26 heavy (non-hydrogen) atoms. The van der Waals surface area contributed by atoms with Crippen molar-refractivity contribution in [1.29, 1.82) is 0 Å². The Morgan fingerprint density at radius 2 is 1.62 bits per heavy atom. The quantitative estimate of drug-likeness (QED) is 0.448. The summed E-state index contributed by atoms with van der Waals surface area (Å²) in [5.74, 6) is 0.200. The molecule has 1 fully saturated rings. The number of aliphatic hydroxyl groups is 1. The highest BCUT2D eigenvalue weighted by molar-refractivity contribution is 6.76. The normalized spacial score (nSPS) is 18.7. The average Bonchev–Trinajstić information content (AvgIpc) is 2.50. The van der Waals surface area contributed by atoms with Crippen LogP contribution in [0.3, 0.4) is 0 Å². The monoisotopic (exact) mass is 383 g/mol. The van der Waals surface area contributed by atoms with Gasteiger partial charge in [-0.1, -0.05) is 45.5 Å². The van der Waals surface area contributed by atoms with Crippen molar-refractivity contribution in [1.82, 2.24) is 4.90 Å². The van der Waals surface area contributed by atoms with Crippen LogP contribution in [0, 0.1) is 5.92 Å². The number of aliphatic hydroxyl groups excluding tert-OH is 1. The second-order valence-corrected chi connectivity index (χ2v) is 15.2. The molecule has 1 aliphatic rings. The first-order chi connectivity index (χ1) is 11.9. The molecular weight excluding hydrogens is 342 g/mol. The number of carbonyl (C=O) groups is 1. The fourth-order valence-corrected chi connectivity index (χ4v) is 5.65. The molecule has 0 heterocycles. The van der Waals surface area contributed by atoms with Crippen molar-refractivity contribution < 1.29 is 14.6 Å². The van der Waals surface area contributed by atoms with Gasteiger partial charge < -0.3 is 14.7 Å². The lowest BCUT2D eigenvalue weighted by Gasteiger charge is -2.37. The van der Waals surface area contributed by atoms with Crippen LogP contribution in [0.5, 0.6) is 0 Å². The maximum atomic E-state index is 12.9. The first-order valence-electron chi connectivity index (χ1n) is 10.3. The van der Waals surface area contributed by atoms with Crippen molar-refractivity contribution in [3.8, 4) is 0 Å². The van der Waals surface area contributed by atoms with E-state index in [0.29, 0.717) is 0 Å². The number of hydrogen-bond acceptors (Lipinski definition) is 3. The van der Waals surface area contributed by atoms with E-state index >= 15 is 0 Å². The Morgan fingerprint density at radius 3 is 2.04 bits per heavy atom. The maximum absolute atomic E-state index is 12.9. The van der Waals surface area contributed by atoms with Gasteiger partial charge in [-0.3, -0.25) is 0 Å². The van der Waals surface area contributed by atoms with E-state index in [1.807, 2.05) is 27.7 Å². The second kappa shape index (κ2) is 9.93. The molecule has 0 bridgehead atoms. The Morgan fingerprint density at radius 1 is 1.12 bits per heavy atom. The second-order valence-electron chi connectivity index (χ2n) is 9.68. The number of ether oxygens (including phenoxy) is 1. The summed E-state index contributed by atoms with van der Waals surface area (Å²) in [5, 5.41) is 11.1. The summed E-state index contributed by atoms with van der Waals surface area (Å²) in [6.45, 7) is 19.0. The van der Waals surface area contributed by atoms with Crippen LogP contribution in [0.2, 0.25) is 25.7 Å². The Balaban J connectivity index is 2.98. The van der Waals surface area contributed by atoms with Gasteiger partial charge in [0.15, 0.2) is 6.10 Å². The van der Waals surface area contributed by atoms with Crippen LogP contribution in [0.1, 0.15) is 59.8 Å². The molecule has 0 unspecified atom stereocenters. The molecule has 4 nitrogen and oxygen atoms in total. The maximum Gasteiger partial charge on any atom is 0.410 e. The molecular formula is C21H41NO3Si. The fraction of sp³-hybridized carbons (Fsp3) is 0.857. The number of nitrogens with zero attached hydrogens (tertiary/aromatic N) is 1. The summed E-state index contributed by atoms with van der Waals surface area (Å²) in [6, 6.07) is 0.971. The highest BCUT2D eigenvalue weighted by Crippen LogP contribution is 2.32. The molecule has 1 aliphatic carbocycles. The van der Waals surface area contributed by atoms with Crippen LogP contribution in [0.4, 0.5) is 4.79 Å². The van der Waals surface area contributed by atoms with Crippen LogP contribution in [0.25, 0.3) is 0 Å². The predicted octanol–water partition coefficient (Wildman–Crippen LogP) is 5.45. The first kappa shape index (κ1) is 23.2. The van der Waals surface area contributed by atoms with E-state index in [-0.39, 0.29) is 24.1 Å². The van der Waals surface area contributed by atoms with Crippen molar-refractivity contribution in [2.75, 3.05) is 0 Å². The Hall–Kier alpha value is -0.813. The van der Waals surface area contributed by atoms with E-state index in [2.05, 4.69) is 26.2 Å². The lowest BCUT2D eigenvalue weighted by atomic mass is 9.82. The molecule has 0 aromatic rings. The first-order valence-corrected chi connectivity index (χ1v) is 14.0. The summed E-state index contributed by atoms with van der Waals surface area (Å²) in [6.07, 6.45) is 3.95. The van der Waals surface area contributed by atoms with E-state index in [1.165, 1.54) is 6.42 Å². The van der Waals surface area contributed by atoms with Crippen LogP contribution < -0.4 is 0 Å². The molecule has 0 aliphatic heterocycles. The molecule has 1 rings (SSSR count). The summed E-state index contributed by atoms with van der Waals surface area (Å²) in [5.41, 5.74) is 0.878. The molecule has 152 valence electrons. The smallest absolute Gasteiger partial charge is 0.410 e. The standard InChI is InChI=1S/C21H41NO3Si/c1-15(2)22(16(3)4)21(24)25-20(17(5)14-26(6,7)8)19(23)18-12-10-9-11-13-18/h15-16,18-20,23H,5,9-14H2,1-4,6-8H3/t19-,20-/m1/s1. The van der Waals surface area contributed by atoms with Crippen molar-refractivity contribution in [3.05, 3.63) is 12.2 Å². The number of amides is 1. The number of hydrogen-bond donors (Lipinski definition) is 1. The van der Waals surface area contributed by atoms with Gasteiger partial charge >= 0.3 is 6.09 Å². The minimum Gasteiger partial charge on any atom is -0.439 e. The zero-order chi connectivity index (χ0) is 20.1. The zero-order valence-electron chi connectivity index (χ0n) is 18.0. The minimum atomic E-state index is -1.42. The Bertz CT molecular complexity index is 456. The molecule has 0 spiro atoms. The summed E-state index contributed by atoms with van der Waals surface area (Å²) in [7, 11) is -1.42. The van der Waals surface area contributed by atoms with Gasteiger partial charge in [-0.15, -0.1) is 0 Å². The van der Waals surface area contributed by atoms with Gasteiger partial charge in [-0.25, -0.2) is 4.79 Å². The van der Waals surface area contributed by atoms with Crippen molar-refractivity contribution in [3.63, 3.8) is 0 Å². The summed E-state index contributed by atoms with van der Waals surface area (Å²) < 4.78 is 5.92. The van der Waals surface area contributed by atoms with Gasteiger partial charge in [0.2, 0.25) is 0 Å². The van der Waals surface area contributed by atoms with Crippen LogP contribution >= 0.6 is 0 Å². The SMILES string of the molecule is C=C(C[Si](C)(C)C)[C@@H](OC(=O)N(C(C)C)C(C)C)[C@H](O)C1CCCCC1. The van der Waals surface area contributed by atoms with Gasteiger partial charge in [-0.05, 0) is 58.1 Å². The molecule has 0 radical (unpaired) electrons. The van der Waals surface area contributed by atoms with E-state index in [1.54, 1.807) is 4.90 Å². The van der Waals surface area contributed by atoms with Gasteiger partial charge in [0.25, 0.3) is 0 Å². The summed E-state index contributed by atoms with van der Waals surface area (Å²) in [4.78, 5) is 14.6. The third-order valence-electron chi connectivity index (χ3n) is 5.15. The van der Waals surface area contributed by atoms with E-state index in [0.717, 1.165) is 37.3 Å². The van der Waals surface area contributed by atoms with Crippen LogP contribution in [0.15, 0.2) is 12.2 Å². The van der Waals surface area contributed by atoms with Crippen molar-refractivity contribution >= 4 is 14.2 Å². The Labute approximate surface area is 162 Å².